The summed E-state index contributed by atoms with van der Waals surface area (Å²) in [5, 5.41) is 10.2. The summed E-state index contributed by atoms with van der Waals surface area (Å²) in [5.41, 5.74) is 2.86. The van der Waals surface area contributed by atoms with E-state index < -0.39 is 6.10 Å². The summed E-state index contributed by atoms with van der Waals surface area (Å²) in [4.78, 5) is 28.3. The van der Waals surface area contributed by atoms with E-state index >= 15 is 0 Å². The number of pyridine rings is 1. The molecule has 4 aromatic rings. The van der Waals surface area contributed by atoms with Crippen LogP contribution < -0.4 is 15.0 Å². The third-order valence-electron chi connectivity index (χ3n) is 8.89. The van der Waals surface area contributed by atoms with Crippen LogP contribution in [0.2, 0.25) is 10.0 Å². The summed E-state index contributed by atoms with van der Waals surface area (Å²) in [6.07, 6.45) is 12.2. The van der Waals surface area contributed by atoms with Crippen LogP contribution in [0, 0.1) is 0 Å². The minimum atomic E-state index is -0.413. The molecule has 7 rings (SSSR count). The summed E-state index contributed by atoms with van der Waals surface area (Å²) in [7, 11) is 0. The van der Waals surface area contributed by atoms with Crippen LogP contribution in [0.3, 0.4) is 0 Å². The third-order valence-corrected chi connectivity index (χ3v) is 9.49. The number of nitrogens with one attached hydrogen (secondary N) is 1. The van der Waals surface area contributed by atoms with Crippen molar-refractivity contribution < 1.29 is 14.3 Å². The lowest BCUT2D eigenvalue weighted by Crippen LogP contribution is -2.53. The van der Waals surface area contributed by atoms with E-state index in [1.165, 1.54) is 0 Å². The maximum absolute atomic E-state index is 13.0. The number of nitrogens with zero attached hydrogens (tertiary/aromatic N) is 6. The highest BCUT2D eigenvalue weighted by molar-refractivity contribution is 6.35. The first-order valence-electron chi connectivity index (χ1n) is 14.9. The Bertz CT molecular complexity index is 1630. The number of anilines is 1. The summed E-state index contributed by atoms with van der Waals surface area (Å²) in [5.74, 6) is 1.18. The first-order valence-corrected chi connectivity index (χ1v) is 15.6. The smallest absolute Gasteiger partial charge is 0.232 e. The van der Waals surface area contributed by atoms with Gasteiger partial charge in [0.15, 0.2) is 6.23 Å². The maximum atomic E-state index is 13.0. The van der Waals surface area contributed by atoms with Gasteiger partial charge in [0.1, 0.15) is 17.5 Å². The van der Waals surface area contributed by atoms with Crippen LogP contribution >= 0.6 is 23.2 Å². The highest BCUT2D eigenvalue weighted by atomic mass is 35.5. The van der Waals surface area contributed by atoms with E-state index in [-0.39, 0.29) is 17.7 Å². The van der Waals surface area contributed by atoms with Gasteiger partial charge in [0.05, 0.1) is 21.1 Å². The van der Waals surface area contributed by atoms with Crippen LogP contribution in [0.15, 0.2) is 43.0 Å². The van der Waals surface area contributed by atoms with Crippen molar-refractivity contribution >= 4 is 46.0 Å². The molecule has 3 aromatic heterocycles. The number of fused-ring (bicyclic) bond motifs is 1. The predicted molar refractivity (Wildman–Crippen MR) is 164 cm³/mol. The van der Waals surface area contributed by atoms with E-state index in [9.17, 15) is 4.79 Å². The number of benzene rings is 1. The second-order valence-electron chi connectivity index (χ2n) is 11.5. The molecule has 10 nitrogen and oxygen atoms in total. The number of hydrogen-bond acceptors (Lipinski definition) is 8. The highest BCUT2D eigenvalue weighted by Crippen LogP contribution is 2.41. The van der Waals surface area contributed by atoms with Crippen LogP contribution in [-0.4, -0.2) is 55.9 Å². The molecule has 3 aliphatic heterocycles. The molecule has 3 aliphatic rings. The average molecular weight is 623 g/mol. The van der Waals surface area contributed by atoms with Crippen molar-refractivity contribution in [2.24, 2.45) is 0 Å². The lowest BCUT2D eigenvalue weighted by Gasteiger charge is -2.40. The summed E-state index contributed by atoms with van der Waals surface area (Å²) < 4.78 is 14.4. The largest absolute Gasteiger partial charge is 0.486 e. The molecule has 1 unspecified atom stereocenters. The Kier molecular flexibility index (Phi) is 7.71. The zero-order valence-corrected chi connectivity index (χ0v) is 25.4. The van der Waals surface area contributed by atoms with E-state index in [2.05, 4.69) is 10.3 Å². The molecule has 3 saturated heterocycles. The molecule has 3 fully saturated rings. The molecule has 43 heavy (non-hydrogen) atoms. The van der Waals surface area contributed by atoms with Gasteiger partial charge in [-0.2, -0.15) is 5.10 Å². The fourth-order valence-corrected chi connectivity index (χ4v) is 7.36. The van der Waals surface area contributed by atoms with Crippen LogP contribution in [0.5, 0.6) is 5.75 Å². The molecule has 1 amide bonds. The fraction of sp³-hybridized carbons (Fsp3) is 0.452. The normalized spacial score (nSPS) is 21.0. The van der Waals surface area contributed by atoms with E-state index in [0.717, 1.165) is 73.8 Å². The SMILES string of the molecule is C[C@@H](Oc1ccc2c(c1)c(-c1cnc(N3C(=O)CCC34CCNCC4)nc1)nn2C1CCCCO1)c1c(Cl)cncc1Cl. The van der Waals surface area contributed by atoms with Gasteiger partial charge in [-0.1, -0.05) is 23.2 Å². The van der Waals surface area contributed by atoms with Gasteiger partial charge < -0.3 is 14.8 Å². The number of amides is 1. The molecule has 1 N–H and O–H groups in total. The molecule has 12 heteroatoms. The molecule has 0 aliphatic carbocycles. The standard InChI is InChI=1S/C31H33Cl2N7O3/c1-19(28-23(32)17-35-18-24(28)33)43-21-5-6-25-22(14-21)29(38-40(25)27-4-2-3-13-42-27)20-15-36-30(37-16-20)39-26(41)7-8-31(39)9-11-34-12-10-31/h5-6,14-19,27,34H,2-4,7-13H2,1H3/t19-,27?/m1/s1. The summed E-state index contributed by atoms with van der Waals surface area (Å²) >= 11 is 12.8. The summed E-state index contributed by atoms with van der Waals surface area (Å²) in [6, 6.07) is 5.89. The molecule has 0 saturated carbocycles. The van der Waals surface area contributed by atoms with Crippen LogP contribution in [0.1, 0.15) is 69.8 Å². The topological polar surface area (TPSA) is 107 Å². The molecule has 0 radical (unpaired) electrons. The quantitative estimate of drug-likeness (QED) is 0.268. The van der Waals surface area contributed by atoms with Gasteiger partial charge in [-0.05, 0) is 76.7 Å². The Morgan fingerprint density at radius 3 is 2.56 bits per heavy atom. The van der Waals surface area contributed by atoms with Crippen molar-refractivity contribution in [3.8, 4) is 17.0 Å². The van der Waals surface area contributed by atoms with E-state index in [4.69, 9.17) is 47.7 Å². The van der Waals surface area contributed by atoms with Crippen molar-refractivity contribution in [2.75, 3.05) is 24.6 Å². The minimum absolute atomic E-state index is 0.0872. The number of piperidine rings is 1. The number of ether oxygens (including phenoxy) is 2. The Morgan fingerprint density at radius 1 is 1.07 bits per heavy atom. The molecule has 224 valence electrons. The van der Waals surface area contributed by atoms with E-state index in [1.54, 1.807) is 24.8 Å². The first-order chi connectivity index (χ1) is 20.9. The third kappa shape index (κ3) is 5.24. The fourth-order valence-electron chi connectivity index (χ4n) is 6.69. The van der Waals surface area contributed by atoms with Crippen molar-refractivity contribution in [2.45, 2.75) is 69.7 Å². The molecular formula is C31H33Cl2N7O3. The van der Waals surface area contributed by atoms with Crippen molar-refractivity contribution in [1.82, 2.24) is 30.0 Å². The summed E-state index contributed by atoms with van der Waals surface area (Å²) in [6.45, 7) is 4.37. The van der Waals surface area contributed by atoms with E-state index in [1.807, 2.05) is 34.7 Å². The lowest BCUT2D eigenvalue weighted by atomic mass is 9.86. The van der Waals surface area contributed by atoms with Gasteiger partial charge in [0.25, 0.3) is 0 Å². The predicted octanol–water partition coefficient (Wildman–Crippen LogP) is 6.28. The van der Waals surface area contributed by atoms with Crippen molar-refractivity contribution in [1.29, 1.82) is 0 Å². The van der Waals surface area contributed by atoms with Gasteiger partial charge in [0, 0.05) is 54.3 Å². The number of carbonyl (C=O) groups excluding carboxylic acids is 1. The van der Waals surface area contributed by atoms with Gasteiger partial charge in [-0.15, -0.1) is 0 Å². The Hall–Kier alpha value is -3.31. The monoisotopic (exact) mass is 621 g/mol. The molecule has 1 aromatic carbocycles. The number of hydrogen-bond donors (Lipinski definition) is 1. The molecule has 6 heterocycles. The molecule has 1 spiro atoms. The second kappa shape index (κ2) is 11.6. The van der Waals surface area contributed by atoms with E-state index in [0.29, 0.717) is 40.3 Å². The van der Waals surface area contributed by atoms with Crippen LogP contribution in [-0.2, 0) is 9.53 Å². The number of rotatable bonds is 6. The highest BCUT2D eigenvalue weighted by Gasteiger charge is 2.47. The number of carbonyl (C=O) groups is 1. The van der Waals surface area contributed by atoms with Crippen LogP contribution in [0.25, 0.3) is 22.2 Å². The minimum Gasteiger partial charge on any atom is -0.486 e. The molecular weight excluding hydrogens is 589 g/mol. The molecule has 2 atom stereocenters. The first kappa shape index (κ1) is 28.5. The van der Waals surface area contributed by atoms with Gasteiger partial charge in [0.2, 0.25) is 11.9 Å². The van der Waals surface area contributed by atoms with Crippen molar-refractivity contribution in [3.63, 3.8) is 0 Å². The van der Waals surface area contributed by atoms with Crippen molar-refractivity contribution in [3.05, 3.63) is 58.6 Å². The van der Waals surface area contributed by atoms with Gasteiger partial charge in [-0.25, -0.2) is 14.6 Å². The Labute approximate surface area is 259 Å². The van der Waals surface area contributed by atoms with Gasteiger partial charge >= 0.3 is 0 Å². The zero-order chi connectivity index (χ0) is 29.6. The van der Waals surface area contributed by atoms with Gasteiger partial charge in [-0.3, -0.25) is 14.7 Å². The lowest BCUT2D eigenvalue weighted by molar-refractivity contribution is -0.117. The van der Waals surface area contributed by atoms with Crippen LogP contribution in [0.4, 0.5) is 5.95 Å². The Balaban J connectivity index is 1.25. The number of halogens is 2. The Morgan fingerprint density at radius 2 is 1.84 bits per heavy atom. The second-order valence-corrected chi connectivity index (χ2v) is 12.4. The average Bonchev–Trinajstić information content (AvgIpc) is 3.55. The molecule has 0 bridgehead atoms. The maximum Gasteiger partial charge on any atom is 0.232 e. The zero-order valence-electron chi connectivity index (χ0n) is 23.9. The number of aromatic nitrogens is 5.